The van der Waals surface area contributed by atoms with Crippen LogP contribution >= 0.6 is 0 Å². The van der Waals surface area contributed by atoms with E-state index in [0.717, 1.165) is 0 Å². The molecule has 0 atom stereocenters. The minimum absolute atomic E-state index is 0.0303. The summed E-state index contributed by atoms with van der Waals surface area (Å²) in [7, 11) is 0. The first kappa shape index (κ1) is 14.8. The third kappa shape index (κ3) is 3.72. The molecule has 0 spiro atoms. The third-order valence-electron chi connectivity index (χ3n) is 2.93. The molecule has 5 heteroatoms. The van der Waals surface area contributed by atoms with E-state index in [1.807, 2.05) is 6.92 Å². The Kier molecular flexibility index (Phi) is 4.77. The molecule has 0 saturated heterocycles. The Hall–Kier alpha value is -2.56. The number of carbonyl (C=O) groups excluding carboxylic acids is 1. The number of nitrogens with two attached hydrogens (primary N) is 1. The highest BCUT2D eigenvalue weighted by Gasteiger charge is 2.13. The van der Waals surface area contributed by atoms with Gasteiger partial charge in [0.2, 0.25) is 0 Å². The van der Waals surface area contributed by atoms with Crippen molar-refractivity contribution in [2.24, 2.45) is 0 Å². The van der Waals surface area contributed by atoms with Crippen LogP contribution in [0.1, 0.15) is 22.8 Å². The minimum Gasteiger partial charge on any atom is -0.488 e. The van der Waals surface area contributed by atoms with Gasteiger partial charge in [0.15, 0.2) is 0 Å². The van der Waals surface area contributed by atoms with E-state index in [1.165, 1.54) is 6.07 Å². The van der Waals surface area contributed by atoms with Crippen LogP contribution in [0.25, 0.3) is 0 Å². The maximum absolute atomic E-state index is 13.6. The van der Waals surface area contributed by atoms with Gasteiger partial charge in [-0.05, 0) is 25.1 Å². The molecule has 0 aliphatic heterocycles. The molecule has 0 aliphatic carbocycles. The van der Waals surface area contributed by atoms with E-state index in [1.54, 1.807) is 36.4 Å². The van der Waals surface area contributed by atoms with E-state index in [2.05, 4.69) is 5.32 Å². The summed E-state index contributed by atoms with van der Waals surface area (Å²) < 4.78 is 19.1. The highest BCUT2D eigenvalue weighted by molar-refractivity contribution is 5.97. The second kappa shape index (κ2) is 6.74. The van der Waals surface area contributed by atoms with Gasteiger partial charge in [0.1, 0.15) is 18.2 Å². The smallest absolute Gasteiger partial charge is 0.255 e. The number of halogens is 1. The summed E-state index contributed by atoms with van der Waals surface area (Å²) in [5.74, 6) is -0.258. The fourth-order valence-electron chi connectivity index (χ4n) is 1.87. The molecule has 0 bridgehead atoms. The van der Waals surface area contributed by atoms with Crippen LogP contribution in [0.15, 0.2) is 42.5 Å². The molecule has 0 fully saturated rings. The Bertz CT molecular complexity index is 644. The molecule has 0 unspecified atom stereocenters. The normalized spacial score (nSPS) is 10.2. The Labute approximate surface area is 122 Å². The average molecular weight is 288 g/mol. The first-order valence-electron chi connectivity index (χ1n) is 6.65. The number of rotatable bonds is 5. The zero-order valence-electron chi connectivity index (χ0n) is 11.7. The van der Waals surface area contributed by atoms with E-state index in [-0.39, 0.29) is 18.3 Å². The van der Waals surface area contributed by atoms with Gasteiger partial charge in [0.25, 0.3) is 5.91 Å². The number of nitrogen functional groups attached to an aromatic ring is 1. The highest BCUT2D eigenvalue weighted by atomic mass is 19.1. The van der Waals surface area contributed by atoms with Gasteiger partial charge < -0.3 is 15.8 Å². The number of anilines is 1. The molecule has 110 valence electrons. The van der Waals surface area contributed by atoms with E-state index in [0.29, 0.717) is 29.1 Å². The molecular formula is C16H17FN2O2. The summed E-state index contributed by atoms with van der Waals surface area (Å²) in [6.07, 6.45) is 0. The lowest BCUT2D eigenvalue weighted by Gasteiger charge is -2.12. The number of benzene rings is 2. The number of carbonyl (C=O) groups is 1. The topological polar surface area (TPSA) is 64.4 Å². The van der Waals surface area contributed by atoms with Crippen LogP contribution in [0.2, 0.25) is 0 Å². The van der Waals surface area contributed by atoms with Gasteiger partial charge in [-0.2, -0.15) is 0 Å². The second-order valence-electron chi connectivity index (χ2n) is 4.50. The van der Waals surface area contributed by atoms with Crippen molar-refractivity contribution in [2.45, 2.75) is 13.5 Å². The van der Waals surface area contributed by atoms with Gasteiger partial charge in [0.05, 0.1) is 5.56 Å². The highest BCUT2D eigenvalue weighted by Crippen LogP contribution is 2.23. The van der Waals surface area contributed by atoms with Crippen molar-refractivity contribution >= 4 is 11.6 Å². The van der Waals surface area contributed by atoms with Crippen LogP contribution in [-0.2, 0) is 6.61 Å². The summed E-state index contributed by atoms with van der Waals surface area (Å²) in [4.78, 5) is 11.9. The second-order valence-corrected chi connectivity index (χ2v) is 4.50. The molecule has 0 radical (unpaired) electrons. The minimum atomic E-state index is -0.346. The van der Waals surface area contributed by atoms with Crippen LogP contribution in [0.5, 0.6) is 5.75 Å². The number of nitrogens with one attached hydrogen (secondary N) is 1. The largest absolute Gasteiger partial charge is 0.488 e. The Morgan fingerprint density at radius 1 is 1.29 bits per heavy atom. The number of ether oxygens (including phenoxy) is 1. The van der Waals surface area contributed by atoms with Gasteiger partial charge in [-0.15, -0.1) is 0 Å². The number of hydrogen-bond acceptors (Lipinski definition) is 3. The Morgan fingerprint density at radius 2 is 2.05 bits per heavy atom. The summed E-state index contributed by atoms with van der Waals surface area (Å²) in [6, 6.07) is 11.1. The zero-order chi connectivity index (χ0) is 15.2. The quantitative estimate of drug-likeness (QED) is 0.831. The van der Waals surface area contributed by atoms with Crippen molar-refractivity contribution in [3.05, 3.63) is 59.4 Å². The van der Waals surface area contributed by atoms with Gasteiger partial charge in [-0.1, -0.05) is 18.2 Å². The molecule has 1 amide bonds. The van der Waals surface area contributed by atoms with E-state index < -0.39 is 0 Å². The average Bonchev–Trinajstić information content (AvgIpc) is 2.46. The lowest BCUT2D eigenvalue weighted by Crippen LogP contribution is -2.23. The van der Waals surface area contributed by atoms with Crippen molar-refractivity contribution in [2.75, 3.05) is 12.3 Å². The summed E-state index contributed by atoms with van der Waals surface area (Å²) in [5, 5.41) is 2.70. The molecule has 0 aromatic heterocycles. The maximum atomic E-state index is 13.6. The van der Waals surface area contributed by atoms with Gasteiger partial charge in [0, 0.05) is 23.9 Å². The first-order valence-corrected chi connectivity index (χ1v) is 6.65. The standard InChI is InChI=1S/C16H17FN2O2/c1-2-19-16(20)13-8-7-12(18)9-15(13)21-10-11-5-3-4-6-14(11)17/h3-9H,2,10,18H2,1H3,(H,19,20). The summed E-state index contributed by atoms with van der Waals surface area (Å²) >= 11 is 0. The fraction of sp³-hybridized carbons (Fsp3) is 0.188. The van der Waals surface area contributed by atoms with E-state index in [4.69, 9.17) is 10.5 Å². The Morgan fingerprint density at radius 3 is 2.76 bits per heavy atom. The van der Waals surface area contributed by atoms with Gasteiger partial charge in [-0.25, -0.2) is 4.39 Å². The van der Waals surface area contributed by atoms with Gasteiger partial charge in [-0.3, -0.25) is 4.79 Å². The monoisotopic (exact) mass is 288 g/mol. The van der Waals surface area contributed by atoms with Crippen LogP contribution in [0.3, 0.4) is 0 Å². The molecule has 2 rings (SSSR count). The number of hydrogen-bond donors (Lipinski definition) is 2. The predicted octanol–water partition coefficient (Wildman–Crippen LogP) is 2.74. The lowest BCUT2D eigenvalue weighted by atomic mass is 10.1. The molecule has 0 heterocycles. The SMILES string of the molecule is CCNC(=O)c1ccc(N)cc1OCc1ccccc1F. The van der Waals surface area contributed by atoms with Crippen molar-refractivity contribution in [1.29, 1.82) is 0 Å². The number of amides is 1. The van der Waals surface area contributed by atoms with Crippen LogP contribution < -0.4 is 15.8 Å². The predicted molar refractivity (Wildman–Crippen MR) is 79.6 cm³/mol. The Balaban J connectivity index is 2.20. The van der Waals surface area contributed by atoms with E-state index >= 15 is 0 Å². The summed E-state index contributed by atoms with van der Waals surface area (Å²) in [6.45, 7) is 2.37. The fourth-order valence-corrected chi connectivity index (χ4v) is 1.87. The molecule has 2 aromatic carbocycles. The third-order valence-corrected chi connectivity index (χ3v) is 2.93. The van der Waals surface area contributed by atoms with Crippen molar-refractivity contribution in [3.8, 4) is 5.75 Å². The van der Waals surface area contributed by atoms with Crippen molar-refractivity contribution in [3.63, 3.8) is 0 Å². The molecule has 4 nitrogen and oxygen atoms in total. The maximum Gasteiger partial charge on any atom is 0.255 e. The van der Waals surface area contributed by atoms with Crippen molar-refractivity contribution < 1.29 is 13.9 Å². The molecule has 0 aliphatic rings. The molecular weight excluding hydrogens is 271 g/mol. The van der Waals surface area contributed by atoms with Crippen LogP contribution in [0, 0.1) is 5.82 Å². The van der Waals surface area contributed by atoms with Crippen LogP contribution in [0.4, 0.5) is 10.1 Å². The molecule has 3 N–H and O–H groups in total. The van der Waals surface area contributed by atoms with Crippen LogP contribution in [-0.4, -0.2) is 12.5 Å². The zero-order valence-corrected chi connectivity index (χ0v) is 11.7. The van der Waals surface area contributed by atoms with Crippen molar-refractivity contribution in [1.82, 2.24) is 5.32 Å². The summed E-state index contributed by atoms with van der Waals surface area (Å²) in [5.41, 5.74) is 6.99. The molecule has 0 saturated carbocycles. The lowest BCUT2D eigenvalue weighted by molar-refractivity contribution is 0.0951. The molecule has 2 aromatic rings. The van der Waals surface area contributed by atoms with Gasteiger partial charge >= 0.3 is 0 Å². The molecule has 21 heavy (non-hydrogen) atoms. The first-order chi connectivity index (χ1) is 10.1. The van der Waals surface area contributed by atoms with E-state index in [9.17, 15) is 9.18 Å².